The first-order valence-electron chi connectivity index (χ1n) is 3.91. The summed E-state index contributed by atoms with van der Waals surface area (Å²) in [5.74, 6) is -1.67. The molecule has 1 aromatic rings. The molecule has 0 radical (unpaired) electrons. The Hall–Kier alpha value is -1.60. The van der Waals surface area contributed by atoms with Gasteiger partial charge in [0.25, 0.3) is 10.1 Å². The maximum atomic E-state index is 10.5. The molecule has 3 N–H and O–H groups in total. The number of aromatic carboxylic acids is 1. The van der Waals surface area contributed by atoms with E-state index in [9.17, 15) is 13.2 Å². The van der Waals surface area contributed by atoms with Gasteiger partial charge in [0.2, 0.25) is 0 Å². The Morgan fingerprint density at radius 1 is 1.27 bits per heavy atom. The fourth-order valence-electron chi connectivity index (χ4n) is 0.905. The molecule has 0 aliphatic carbocycles. The van der Waals surface area contributed by atoms with E-state index < -0.39 is 22.0 Å². The van der Waals surface area contributed by atoms with Crippen LogP contribution in [0.2, 0.25) is 0 Å². The summed E-state index contributed by atoms with van der Waals surface area (Å²) in [7, 11) is -4.08. The van der Waals surface area contributed by atoms with Gasteiger partial charge in [-0.25, -0.2) is 4.79 Å². The largest absolute Gasteiger partial charge is 0.478 e. The van der Waals surface area contributed by atoms with Crippen LogP contribution < -0.4 is 5.32 Å². The van der Waals surface area contributed by atoms with Gasteiger partial charge in [-0.1, -0.05) is 0 Å². The van der Waals surface area contributed by atoms with Crippen molar-refractivity contribution in [3.63, 3.8) is 0 Å². The van der Waals surface area contributed by atoms with Gasteiger partial charge in [-0.3, -0.25) is 4.55 Å². The van der Waals surface area contributed by atoms with Crippen molar-refractivity contribution >= 4 is 21.8 Å². The number of nitrogens with one attached hydrogen (secondary N) is 1. The normalized spacial score (nSPS) is 11.0. The van der Waals surface area contributed by atoms with Gasteiger partial charge in [-0.2, -0.15) is 8.42 Å². The van der Waals surface area contributed by atoms with Gasteiger partial charge in [-0.15, -0.1) is 0 Å². The molecule has 82 valence electrons. The predicted molar refractivity (Wildman–Crippen MR) is 53.4 cm³/mol. The van der Waals surface area contributed by atoms with E-state index in [-0.39, 0.29) is 5.56 Å². The van der Waals surface area contributed by atoms with E-state index >= 15 is 0 Å². The van der Waals surface area contributed by atoms with Crippen LogP contribution in [-0.4, -0.2) is 29.9 Å². The highest BCUT2D eigenvalue weighted by atomic mass is 32.2. The lowest BCUT2D eigenvalue weighted by Crippen LogP contribution is -2.12. The van der Waals surface area contributed by atoms with Gasteiger partial charge >= 0.3 is 5.97 Å². The molecule has 0 saturated heterocycles. The third-order valence-corrected chi connectivity index (χ3v) is 2.10. The van der Waals surface area contributed by atoms with Crippen molar-refractivity contribution in [1.82, 2.24) is 0 Å². The van der Waals surface area contributed by atoms with E-state index in [1.807, 2.05) is 0 Å². The molecule has 0 amide bonds. The Kier molecular flexibility index (Phi) is 3.28. The lowest BCUT2D eigenvalue weighted by molar-refractivity contribution is 0.0697. The number of hydrogen-bond acceptors (Lipinski definition) is 4. The molecule has 1 rings (SSSR count). The molecular weight excluding hydrogens is 222 g/mol. The van der Waals surface area contributed by atoms with Crippen LogP contribution in [0.15, 0.2) is 24.3 Å². The quantitative estimate of drug-likeness (QED) is 0.657. The van der Waals surface area contributed by atoms with Crippen molar-refractivity contribution in [2.75, 3.05) is 11.2 Å². The predicted octanol–water partition coefficient (Wildman–Crippen LogP) is 0.642. The molecule has 0 aliphatic rings. The Balaban J connectivity index is 2.69. The van der Waals surface area contributed by atoms with Gasteiger partial charge in [-0.05, 0) is 24.3 Å². The summed E-state index contributed by atoms with van der Waals surface area (Å²) in [6.45, 7) is 0. The second-order valence-corrected chi connectivity index (χ2v) is 4.24. The van der Waals surface area contributed by atoms with Crippen LogP contribution in [0.1, 0.15) is 10.4 Å². The van der Waals surface area contributed by atoms with E-state index in [4.69, 9.17) is 9.66 Å². The van der Waals surface area contributed by atoms with Crippen LogP contribution in [0, 0.1) is 0 Å². The molecule has 1 aromatic carbocycles. The number of carboxylic acid groups (broad SMARTS) is 1. The van der Waals surface area contributed by atoms with E-state index in [2.05, 4.69) is 5.32 Å². The van der Waals surface area contributed by atoms with Gasteiger partial charge in [0.15, 0.2) is 0 Å². The summed E-state index contributed by atoms with van der Waals surface area (Å²) in [6.07, 6.45) is 0. The fraction of sp³-hybridized carbons (Fsp3) is 0.125. The van der Waals surface area contributed by atoms with Crippen LogP contribution in [0.25, 0.3) is 0 Å². The molecule has 0 fully saturated rings. The molecule has 0 atom stereocenters. The molecule has 0 spiro atoms. The monoisotopic (exact) mass is 231 g/mol. The number of carboxylic acids is 1. The Labute approximate surface area is 86.3 Å². The maximum absolute atomic E-state index is 10.5. The standard InChI is InChI=1S/C8H9NO5S/c10-8(11)6-1-3-7(4-2-6)9-5-15(12,13)14/h1-4,9H,5H2,(H,10,11)(H,12,13,14). The number of benzene rings is 1. The smallest absolute Gasteiger partial charge is 0.335 e. The van der Waals surface area contributed by atoms with E-state index in [1.165, 1.54) is 24.3 Å². The SMILES string of the molecule is O=C(O)c1ccc(NCS(=O)(=O)O)cc1. The van der Waals surface area contributed by atoms with Crippen molar-refractivity contribution in [1.29, 1.82) is 0 Å². The molecule has 0 saturated carbocycles. The average molecular weight is 231 g/mol. The Bertz CT molecular complexity index is 450. The van der Waals surface area contributed by atoms with E-state index in [0.717, 1.165) is 0 Å². The third kappa shape index (κ3) is 3.96. The van der Waals surface area contributed by atoms with Gasteiger partial charge in [0.05, 0.1) is 5.56 Å². The van der Waals surface area contributed by atoms with E-state index in [0.29, 0.717) is 5.69 Å². The maximum Gasteiger partial charge on any atom is 0.335 e. The van der Waals surface area contributed by atoms with Crippen LogP contribution in [0.5, 0.6) is 0 Å². The summed E-state index contributed by atoms with van der Waals surface area (Å²) in [4.78, 5) is 10.5. The topological polar surface area (TPSA) is 104 Å². The first-order valence-corrected chi connectivity index (χ1v) is 5.52. The molecule has 0 bridgehead atoms. The van der Waals surface area contributed by atoms with Crippen molar-refractivity contribution in [3.05, 3.63) is 29.8 Å². The van der Waals surface area contributed by atoms with Crippen molar-refractivity contribution in [3.8, 4) is 0 Å². The van der Waals surface area contributed by atoms with Crippen molar-refractivity contribution in [2.45, 2.75) is 0 Å². The minimum atomic E-state index is -4.08. The second-order valence-electron chi connectivity index (χ2n) is 2.79. The first kappa shape index (κ1) is 11.5. The van der Waals surface area contributed by atoms with Gasteiger partial charge < -0.3 is 10.4 Å². The number of anilines is 1. The summed E-state index contributed by atoms with van der Waals surface area (Å²) in [6, 6.07) is 5.48. The van der Waals surface area contributed by atoms with Gasteiger partial charge in [0.1, 0.15) is 5.88 Å². The number of rotatable bonds is 4. The molecule has 0 aromatic heterocycles. The van der Waals surface area contributed by atoms with Crippen LogP contribution in [-0.2, 0) is 10.1 Å². The molecule has 0 heterocycles. The summed E-state index contributed by atoms with van der Waals surface area (Å²) >= 11 is 0. The molecule has 7 heteroatoms. The molecule has 0 aliphatic heterocycles. The second kappa shape index (κ2) is 4.28. The van der Waals surface area contributed by atoms with Crippen LogP contribution >= 0.6 is 0 Å². The van der Waals surface area contributed by atoms with Gasteiger partial charge in [0, 0.05) is 5.69 Å². The van der Waals surface area contributed by atoms with E-state index in [1.54, 1.807) is 0 Å². The highest BCUT2D eigenvalue weighted by molar-refractivity contribution is 7.85. The zero-order valence-electron chi connectivity index (χ0n) is 7.54. The molecule has 6 nitrogen and oxygen atoms in total. The average Bonchev–Trinajstić information content (AvgIpc) is 2.14. The minimum Gasteiger partial charge on any atom is -0.478 e. The number of hydrogen-bond donors (Lipinski definition) is 3. The lowest BCUT2D eigenvalue weighted by Gasteiger charge is -2.03. The minimum absolute atomic E-state index is 0.104. The Morgan fingerprint density at radius 2 is 1.80 bits per heavy atom. The fourth-order valence-corrected chi connectivity index (χ4v) is 1.25. The summed E-state index contributed by atoms with van der Waals surface area (Å²) in [5, 5.41) is 11.0. The lowest BCUT2D eigenvalue weighted by atomic mass is 10.2. The number of carbonyl (C=O) groups is 1. The zero-order chi connectivity index (χ0) is 11.5. The molecule has 15 heavy (non-hydrogen) atoms. The van der Waals surface area contributed by atoms with Crippen molar-refractivity contribution in [2.24, 2.45) is 0 Å². The third-order valence-electron chi connectivity index (χ3n) is 1.59. The van der Waals surface area contributed by atoms with Crippen LogP contribution in [0.3, 0.4) is 0 Å². The summed E-state index contributed by atoms with van der Waals surface area (Å²) < 4.78 is 29.2. The first-order chi connectivity index (χ1) is 6.88. The zero-order valence-corrected chi connectivity index (χ0v) is 8.36. The van der Waals surface area contributed by atoms with Crippen molar-refractivity contribution < 1.29 is 22.9 Å². The molecular formula is C8H9NO5S. The van der Waals surface area contributed by atoms with Crippen LogP contribution in [0.4, 0.5) is 5.69 Å². The Morgan fingerprint density at radius 3 is 2.20 bits per heavy atom. The molecule has 0 unspecified atom stereocenters. The highest BCUT2D eigenvalue weighted by Crippen LogP contribution is 2.09. The highest BCUT2D eigenvalue weighted by Gasteiger charge is 2.04. The summed E-state index contributed by atoms with van der Waals surface area (Å²) in [5.41, 5.74) is 0.519.